The van der Waals surface area contributed by atoms with Crippen LogP contribution in [0.3, 0.4) is 0 Å². The number of carbonyl (C=O) groups excluding carboxylic acids is 1. The van der Waals surface area contributed by atoms with Crippen molar-refractivity contribution in [3.63, 3.8) is 0 Å². The molecule has 1 amide bonds. The lowest BCUT2D eigenvalue weighted by molar-refractivity contribution is -0.119. The highest BCUT2D eigenvalue weighted by molar-refractivity contribution is 5.93. The minimum Gasteiger partial charge on any atom is -0.330 e. The van der Waals surface area contributed by atoms with Gasteiger partial charge in [-0.15, -0.1) is 0 Å². The first kappa shape index (κ1) is 12.7. The van der Waals surface area contributed by atoms with E-state index < -0.39 is 0 Å². The highest BCUT2D eigenvalue weighted by Crippen LogP contribution is 2.17. The topological polar surface area (TPSA) is 55.1 Å². The van der Waals surface area contributed by atoms with Crippen LogP contribution in [0.15, 0.2) is 18.2 Å². The zero-order chi connectivity index (χ0) is 12.1. The van der Waals surface area contributed by atoms with Gasteiger partial charge in [0.2, 0.25) is 5.91 Å². The van der Waals surface area contributed by atoms with Gasteiger partial charge in [0.05, 0.1) is 0 Å². The number of anilines is 1. The molecule has 0 saturated heterocycles. The summed E-state index contributed by atoms with van der Waals surface area (Å²) >= 11 is 0. The molecule has 0 bridgehead atoms. The van der Waals surface area contributed by atoms with Crippen LogP contribution in [0.5, 0.6) is 0 Å². The van der Waals surface area contributed by atoms with E-state index in [1.807, 2.05) is 39.0 Å². The molecule has 0 fully saturated rings. The zero-order valence-electron chi connectivity index (χ0n) is 10.2. The van der Waals surface area contributed by atoms with Gasteiger partial charge in [-0.1, -0.05) is 19.1 Å². The van der Waals surface area contributed by atoms with Gasteiger partial charge in [0.25, 0.3) is 0 Å². The van der Waals surface area contributed by atoms with Crippen LogP contribution in [0.25, 0.3) is 0 Å². The summed E-state index contributed by atoms with van der Waals surface area (Å²) in [6, 6.07) is 6.04. The second-order valence-corrected chi connectivity index (χ2v) is 4.29. The van der Waals surface area contributed by atoms with Gasteiger partial charge in [-0.2, -0.15) is 0 Å². The monoisotopic (exact) mass is 220 g/mol. The fraction of sp³-hybridized carbons (Fsp3) is 0.462. The molecule has 0 aromatic heterocycles. The van der Waals surface area contributed by atoms with Crippen molar-refractivity contribution < 1.29 is 4.79 Å². The lowest BCUT2D eigenvalue weighted by atomic mass is 10.1. The molecule has 1 rings (SSSR count). The maximum absolute atomic E-state index is 11.8. The molecule has 1 aromatic carbocycles. The largest absolute Gasteiger partial charge is 0.330 e. The Balaban J connectivity index is 2.72. The molecule has 3 heteroatoms. The minimum absolute atomic E-state index is 0.0371. The maximum Gasteiger partial charge on any atom is 0.227 e. The Morgan fingerprint density at radius 2 is 2.12 bits per heavy atom. The minimum atomic E-state index is -0.0371. The highest BCUT2D eigenvalue weighted by atomic mass is 16.1. The third kappa shape index (κ3) is 3.35. The summed E-state index contributed by atoms with van der Waals surface area (Å²) in [4.78, 5) is 11.8. The molecule has 1 aromatic rings. The van der Waals surface area contributed by atoms with Crippen molar-refractivity contribution in [2.45, 2.75) is 27.2 Å². The van der Waals surface area contributed by atoms with Crippen molar-refractivity contribution in [1.82, 2.24) is 0 Å². The SMILES string of the molecule is Cc1ccc(C)c(NC(=O)C(C)CCN)c1. The number of rotatable bonds is 4. The number of hydrogen-bond acceptors (Lipinski definition) is 2. The number of nitrogens with one attached hydrogen (secondary N) is 1. The van der Waals surface area contributed by atoms with Crippen LogP contribution in [0.4, 0.5) is 5.69 Å². The standard InChI is InChI=1S/C13H20N2O/c1-9-4-5-10(2)12(8-9)15-13(16)11(3)6-7-14/h4-5,8,11H,6-7,14H2,1-3H3,(H,15,16). The van der Waals surface area contributed by atoms with E-state index in [4.69, 9.17) is 5.73 Å². The van der Waals surface area contributed by atoms with E-state index in [-0.39, 0.29) is 11.8 Å². The smallest absolute Gasteiger partial charge is 0.227 e. The van der Waals surface area contributed by atoms with E-state index in [1.54, 1.807) is 0 Å². The number of amides is 1. The van der Waals surface area contributed by atoms with E-state index >= 15 is 0 Å². The molecule has 0 radical (unpaired) electrons. The van der Waals surface area contributed by atoms with Crippen molar-refractivity contribution in [2.75, 3.05) is 11.9 Å². The second kappa shape index (κ2) is 5.66. The highest BCUT2D eigenvalue weighted by Gasteiger charge is 2.12. The summed E-state index contributed by atoms with van der Waals surface area (Å²) in [7, 11) is 0. The molecule has 0 saturated carbocycles. The Labute approximate surface area is 97.0 Å². The first-order valence-corrected chi connectivity index (χ1v) is 5.62. The summed E-state index contributed by atoms with van der Waals surface area (Å²) in [5.41, 5.74) is 8.56. The van der Waals surface area contributed by atoms with Gasteiger partial charge in [0.15, 0.2) is 0 Å². The molecule has 0 aliphatic carbocycles. The van der Waals surface area contributed by atoms with E-state index in [0.717, 1.165) is 23.2 Å². The van der Waals surface area contributed by atoms with E-state index in [9.17, 15) is 4.79 Å². The van der Waals surface area contributed by atoms with E-state index in [1.165, 1.54) is 0 Å². The predicted molar refractivity (Wildman–Crippen MR) is 67.4 cm³/mol. The second-order valence-electron chi connectivity index (χ2n) is 4.29. The average Bonchev–Trinajstić information content (AvgIpc) is 2.23. The molecule has 3 N–H and O–H groups in total. The Morgan fingerprint density at radius 3 is 2.75 bits per heavy atom. The molecule has 88 valence electrons. The van der Waals surface area contributed by atoms with E-state index in [0.29, 0.717) is 6.54 Å². The van der Waals surface area contributed by atoms with Crippen LogP contribution in [0.2, 0.25) is 0 Å². The number of aryl methyl sites for hydroxylation is 2. The molecular weight excluding hydrogens is 200 g/mol. The van der Waals surface area contributed by atoms with Crippen molar-refractivity contribution in [3.05, 3.63) is 29.3 Å². The Hall–Kier alpha value is -1.35. The quantitative estimate of drug-likeness (QED) is 0.817. The third-order valence-corrected chi connectivity index (χ3v) is 2.70. The molecule has 0 aliphatic rings. The number of carbonyl (C=O) groups is 1. The lowest BCUT2D eigenvalue weighted by Gasteiger charge is -2.13. The third-order valence-electron chi connectivity index (χ3n) is 2.70. The predicted octanol–water partition coefficient (Wildman–Crippen LogP) is 2.23. The number of benzene rings is 1. The van der Waals surface area contributed by atoms with Crippen LogP contribution >= 0.6 is 0 Å². The first-order valence-electron chi connectivity index (χ1n) is 5.62. The normalized spacial score (nSPS) is 12.2. The molecule has 1 atom stereocenters. The van der Waals surface area contributed by atoms with Gasteiger partial charge in [0.1, 0.15) is 0 Å². The number of hydrogen-bond donors (Lipinski definition) is 2. The van der Waals surface area contributed by atoms with Crippen LogP contribution < -0.4 is 11.1 Å². The van der Waals surface area contributed by atoms with Crippen molar-refractivity contribution in [3.8, 4) is 0 Å². The summed E-state index contributed by atoms with van der Waals surface area (Å²) in [5.74, 6) is 0.00376. The molecule has 0 heterocycles. The van der Waals surface area contributed by atoms with Gasteiger partial charge >= 0.3 is 0 Å². The van der Waals surface area contributed by atoms with Gasteiger partial charge < -0.3 is 11.1 Å². The number of nitrogens with two attached hydrogens (primary N) is 1. The lowest BCUT2D eigenvalue weighted by Crippen LogP contribution is -2.23. The molecule has 3 nitrogen and oxygen atoms in total. The molecule has 0 aliphatic heterocycles. The summed E-state index contributed by atoms with van der Waals surface area (Å²) in [6.45, 7) is 6.44. The summed E-state index contributed by atoms with van der Waals surface area (Å²) in [6.07, 6.45) is 0.719. The fourth-order valence-corrected chi connectivity index (χ4v) is 1.51. The van der Waals surface area contributed by atoms with Gasteiger partial charge in [-0.3, -0.25) is 4.79 Å². The molecular formula is C13H20N2O. The first-order chi connectivity index (χ1) is 7.54. The molecule has 0 spiro atoms. The zero-order valence-corrected chi connectivity index (χ0v) is 10.2. The van der Waals surface area contributed by atoms with Gasteiger partial charge in [-0.25, -0.2) is 0 Å². The van der Waals surface area contributed by atoms with Crippen LogP contribution in [-0.4, -0.2) is 12.5 Å². The Morgan fingerprint density at radius 1 is 1.44 bits per heavy atom. The van der Waals surface area contributed by atoms with Crippen LogP contribution in [0, 0.1) is 19.8 Å². The van der Waals surface area contributed by atoms with E-state index in [2.05, 4.69) is 5.32 Å². The van der Waals surface area contributed by atoms with Gasteiger partial charge in [-0.05, 0) is 44.0 Å². The van der Waals surface area contributed by atoms with Crippen LogP contribution in [-0.2, 0) is 4.79 Å². The summed E-state index contributed by atoms with van der Waals surface area (Å²) < 4.78 is 0. The maximum atomic E-state index is 11.8. The molecule has 1 unspecified atom stereocenters. The van der Waals surface area contributed by atoms with Gasteiger partial charge in [0, 0.05) is 11.6 Å². The fourth-order valence-electron chi connectivity index (χ4n) is 1.51. The average molecular weight is 220 g/mol. The van der Waals surface area contributed by atoms with Crippen molar-refractivity contribution in [2.24, 2.45) is 11.7 Å². The molecule has 16 heavy (non-hydrogen) atoms. The van der Waals surface area contributed by atoms with Crippen LogP contribution in [0.1, 0.15) is 24.5 Å². The van der Waals surface area contributed by atoms with Crippen molar-refractivity contribution in [1.29, 1.82) is 0 Å². The Kier molecular flexibility index (Phi) is 4.50. The van der Waals surface area contributed by atoms with Crippen molar-refractivity contribution >= 4 is 11.6 Å². The summed E-state index contributed by atoms with van der Waals surface area (Å²) in [5, 5.41) is 2.94. The Bertz CT molecular complexity index is 374.